The molecule has 0 saturated carbocycles. The topological polar surface area (TPSA) is 123 Å². The zero-order valence-corrected chi connectivity index (χ0v) is 16.4. The third kappa shape index (κ3) is 5.56. The predicted octanol–water partition coefficient (Wildman–Crippen LogP) is 1.50. The van der Waals surface area contributed by atoms with Crippen LogP contribution in [0.3, 0.4) is 0 Å². The van der Waals surface area contributed by atoms with Gasteiger partial charge in [0.05, 0.1) is 0 Å². The molecule has 1 unspecified atom stereocenters. The van der Waals surface area contributed by atoms with Crippen LogP contribution in [0.2, 0.25) is 0 Å². The first-order valence-corrected chi connectivity index (χ1v) is 9.35. The number of benzene rings is 1. The van der Waals surface area contributed by atoms with Crippen LogP contribution in [-0.4, -0.2) is 41.0 Å². The number of hydroxylamine groups is 1. The molecule has 0 bridgehead atoms. The molecule has 0 saturated heterocycles. The molecule has 0 spiro atoms. The fourth-order valence-corrected chi connectivity index (χ4v) is 3.32. The highest BCUT2D eigenvalue weighted by Gasteiger charge is 2.28. The zero-order chi connectivity index (χ0) is 20.7. The molecular weight excluding hydrogens is 360 g/mol. The lowest BCUT2D eigenvalue weighted by molar-refractivity contribution is -0.136. The van der Waals surface area contributed by atoms with E-state index in [0.29, 0.717) is 12.8 Å². The second-order valence-electron chi connectivity index (χ2n) is 7.30. The molecule has 152 valence electrons. The standard InChI is InChI=1S/C20H28N4O4/c1-12(2)8-13(10-18(25)24-28)19(26)23-17(20(27)21-3)9-14-11-22-16-7-5-4-6-15(14)16/h4-7,11-13,17,22,28H,8-10H2,1-3H3,(H,21,27)(H,23,26)(H,24,25)/t13-,17?/m1/s1. The minimum absolute atomic E-state index is 0.145. The van der Waals surface area contributed by atoms with Crippen LogP contribution in [-0.2, 0) is 20.8 Å². The van der Waals surface area contributed by atoms with Crippen LogP contribution >= 0.6 is 0 Å². The summed E-state index contributed by atoms with van der Waals surface area (Å²) in [6.07, 6.45) is 2.47. The first kappa shape index (κ1) is 21.4. The number of likely N-dealkylation sites (N-methyl/N-ethyl adjacent to an activating group) is 1. The maximum absolute atomic E-state index is 12.8. The number of para-hydroxylation sites is 1. The average molecular weight is 388 g/mol. The van der Waals surface area contributed by atoms with Gasteiger partial charge in [-0.3, -0.25) is 19.6 Å². The Morgan fingerprint density at radius 1 is 1.14 bits per heavy atom. The van der Waals surface area contributed by atoms with Crippen molar-refractivity contribution in [3.63, 3.8) is 0 Å². The number of carbonyl (C=O) groups is 3. The summed E-state index contributed by atoms with van der Waals surface area (Å²) in [5, 5.41) is 15.1. The van der Waals surface area contributed by atoms with E-state index < -0.39 is 17.9 Å². The summed E-state index contributed by atoms with van der Waals surface area (Å²) in [4.78, 5) is 39.9. The molecule has 0 aliphatic rings. The van der Waals surface area contributed by atoms with Crippen LogP contribution in [0.4, 0.5) is 0 Å². The molecule has 1 heterocycles. The number of nitrogens with one attached hydrogen (secondary N) is 4. The molecule has 0 fully saturated rings. The van der Waals surface area contributed by atoms with Crippen molar-refractivity contribution in [2.45, 2.75) is 39.2 Å². The zero-order valence-electron chi connectivity index (χ0n) is 16.4. The minimum atomic E-state index is -0.774. The number of fused-ring (bicyclic) bond motifs is 1. The lowest BCUT2D eigenvalue weighted by Gasteiger charge is -2.22. The fraction of sp³-hybridized carbons (Fsp3) is 0.450. The number of carbonyl (C=O) groups excluding carboxylic acids is 3. The van der Waals surface area contributed by atoms with Crippen molar-refractivity contribution in [3.8, 4) is 0 Å². The Morgan fingerprint density at radius 3 is 2.50 bits per heavy atom. The first-order chi connectivity index (χ1) is 13.3. The Bertz CT molecular complexity index is 830. The third-order valence-electron chi connectivity index (χ3n) is 4.66. The molecule has 0 aliphatic heterocycles. The van der Waals surface area contributed by atoms with Crippen LogP contribution in [0.1, 0.15) is 32.3 Å². The molecule has 0 aliphatic carbocycles. The Balaban J connectivity index is 2.18. The average Bonchev–Trinajstić information content (AvgIpc) is 3.08. The van der Waals surface area contributed by atoms with Crippen LogP contribution in [0, 0.1) is 11.8 Å². The third-order valence-corrected chi connectivity index (χ3v) is 4.66. The van der Waals surface area contributed by atoms with Gasteiger partial charge >= 0.3 is 0 Å². The Hall–Kier alpha value is -2.87. The van der Waals surface area contributed by atoms with Gasteiger partial charge < -0.3 is 15.6 Å². The Labute approximate surface area is 164 Å². The van der Waals surface area contributed by atoms with Crippen LogP contribution < -0.4 is 16.1 Å². The predicted molar refractivity (Wildman–Crippen MR) is 105 cm³/mol. The lowest BCUT2D eigenvalue weighted by Crippen LogP contribution is -2.49. The molecule has 28 heavy (non-hydrogen) atoms. The van der Waals surface area contributed by atoms with Crippen molar-refractivity contribution in [1.29, 1.82) is 0 Å². The van der Waals surface area contributed by atoms with Gasteiger partial charge in [0.15, 0.2) is 0 Å². The van der Waals surface area contributed by atoms with E-state index in [4.69, 9.17) is 5.21 Å². The van der Waals surface area contributed by atoms with Crippen molar-refractivity contribution in [3.05, 3.63) is 36.0 Å². The lowest BCUT2D eigenvalue weighted by atomic mass is 9.92. The Morgan fingerprint density at radius 2 is 1.86 bits per heavy atom. The van der Waals surface area contributed by atoms with Crippen molar-refractivity contribution < 1.29 is 19.6 Å². The van der Waals surface area contributed by atoms with E-state index in [9.17, 15) is 14.4 Å². The van der Waals surface area contributed by atoms with Gasteiger partial charge in [0.2, 0.25) is 17.7 Å². The maximum Gasteiger partial charge on any atom is 0.244 e. The summed E-state index contributed by atoms with van der Waals surface area (Å²) >= 11 is 0. The number of hydrogen-bond donors (Lipinski definition) is 5. The van der Waals surface area contributed by atoms with E-state index >= 15 is 0 Å². The molecule has 3 amide bonds. The summed E-state index contributed by atoms with van der Waals surface area (Å²) in [6.45, 7) is 3.89. The van der Waals surface area contributed by atoms with Gasteiger partial charge in [-0.15, -0.1) is 0 Å². The van der Waals surface area contributed by atoms with Crippen molar-refractivity contribution in [1.82, 2.24) is 21.1 Å². The van der Waals surface area contributed by atoms with Crippen LogP contribution in [0.5, 0.6) is 0 Å². The van der Waals surface area contributed by atoms with Gasteiger partial charge in [-0.05, 0) is 24.0 Å². The molecule has 2 atom stereocenters. The van der Waals surface area contributed by atoms with Gasteiger partial charge in [0.1, 0.15) is 6.04 Å². The molecule has 1 aromatic carbocycles. The molecule has 2 aromatic rings. The highest BCUT2D eigenvalue weighted by Crippen LogP contribution is 2.20. The van der Waals surface area contributed by atoms with E-state index in [2.05, 4.69) is 15.6 Å². The van der Waals surface area contributed by atoms with E-state index in [1.807, 2.05) is 44.3 Å². The number of aromatic nitrogens is 1. The van der Waals surface area contributed by atoms with E-state index in [0.717, 1.165) is 16.5 Å². The van der Waals surface area contributed by atoms with Crippen molar-refractivity contribution in [2.75, 3.05) is 7.05 Å². The van der Waals surface area contributed by atoms with Gasteiger partial charge in [0, 0.05) is 42.9 Å². The second-order valence-corrected chi connectivity index (χ2v) is 7.30. The molecule has 1 aromatic heterocycles. The van der Waals surface area contributed by atoms with Gasteiger partial charge in [0.25, 0.3) is 0 Å². The van der Waals surface area contributed by atoms with Crippen molar-refractivity contribution >= 4 is 28.6 Å². The summed E-state index contributed by atoms with van der Waals surface area (Å²) in [5.74, 6) is -1.79. The number of amides is 3. The summed E-state index contributed by atoms with van der Waals surface area (Å²) < 4.78 is 0. The minimum Gasteiger partial charge on any atom is -0.361 e. The maximum atomic E-state index is 12.8. The number of hydrogen-bond acceptors (Lipinski definition) is 4. The molecule has 5 N–H and O–H groups in total. The summed E-state index contributed by atoms with van der Waals surface area (Å²) in [7, 11) is 1.52. The molecule has 8 heteroatoms. The molecule has 8 nitrogen and oxygen atoms in total. The van der Waals surface area contributed by atoms with Gasteiger partial charge in [-0.1, -0.05) is 32.0 Å². The highest BCUT2D eigenvalue weighted by atomic mass is 16.5. The molecule has 0 radical (unpaired) electrons. The molecular formula is C20H28N4O4. The smallest absolute Gasteiger partial charge is 0.244 e. The van der Waals surface area contributed by atoms with E-state index in [1.165, 1.54) is 7.05 Å². The van der Waals surface area contributed by atoms with Gasteiger partial charge in [-0.25, -0.2) is 5.48 Å². The van der Waals surface area contributed by atoms with E-state index in [-0.39, 0.29) is 24.2 Å². The monoisotopic (exact) mass is 388 g/mol. The first-order valence-electron chi connectivity index (χ1n) is 9.35. The summed E-state index contributed by atoms with van der Waals surface area (Å²) in [5.41, 5.74) is 3.44. The fourth-order valence-electron chi connectivity index (χ4n) is 3.32. The highest BCUT2D eigenvalue weighted by molar-refractivity contribution is 5.91. The number of H-pyrrole nitrogens is 1. The van der Waals surface area contributed by atoms with Crippen LogP contribution in [0.15, 0.2) is 30.5 Å². The van der Waals surface area contributed by atoms with Crippen LogP contribution in [0.25, 0.3) is 10.9 Å². The number of aromatic amines is 1. The Kier molecular flexibility index (Phi) is 7.57. The summed E-state index contributed by atoms with van der Waals surface area (Å²) in [6, 6.07) is 6.96. The normalized spacial score (nSPS) is 13.2. The van der Waals surface area contributed by atoms with Gasteiger partial charge in [-0.2, -0.15) is 0 Å². The largest absolute Gasteiger partial charge is 0.361 e. The SMILES string of the molecule is CNC(=O)C(Cc1c[nH]c2ccccc12)NC(=O)[C@@H](CC(=O)NO)CC(C)C. The number of rotatable bonds is 9. The van der Waals surface area contributed by atoms with Crippen molar-refractivity contribution in [2.24, 2.45) is 11.8 Å². The molecule has 2 rings (SSSR count). The quantitative estimate of drug-likeness (QED) is 0.330. The van der Waals surface area contributed by atoms with E-state index in [1.54, 1.807) is 5.48 Å². The second kappa shape index (κ2) is 9.89.